The minimum absolute atomic E-state index is 0.148. The van der Waals surface area contributed by atoms with Crippen LogP contribution < -0.4 is 11.3 Å². The molecule has 1 aromatic rings. The van der Waals surface area contributed by atoms with Gasteiger partial charge in [0.1, 0.15) is 0 Å². The zero-order valence-corrected chi connectivity index (χ0v) is 10.8. The zero-order chi connectivity index (χ0) is 12.1. The Labute approximate surface area is 100 Å². The van der Waals surface area contributed by atoms with Crippen molar-refractivity contribution in [3.63, 3.8) is 0 Å². The highest BCUT2D eigenvalue weighted by molar-refractivity contribution is 7.09. The zero-order valence-electron chi connectivity index (χ0n) is 9.93. The highest BCUT2D eigenvalue weighted by Crippen LogP contribution is 2.16. The second kappa shape index (κ2) is 5.98. The van der Waals surface area contributed by atoms with Crippen molar-refractivity contribution < 1.29 is 4.79 Å². The predicted molar refractivity (Wildman–Crippen MR) is 66.8 cm³/mol. The van der Waals surface area contributed by atoms with E-state index in [1.165, 1.54) is 4.88 Å². The molecule has 0 spiro atoms. The van der Waals surface area contributed by atoms with E-state index in [-0.39, 0.29) is 11.9 Å². The second-order valence-electron chi connectivity index (χ2n) is 4.03. The number of hydrogen-bond acceptors (Lipinski definition) is 4. The largest absolute Gasteiger partial charge is 0.293 e. The maximum absolute atomic E-state index is 11.5. The van der Waals surface area contributed by atoms with Crippen molar-refractivity contribution in [2.45, 2.75) is 39.4 Å². The standard InChI is InChI=1S/C11H19N3OS/c1-8(2)14(9(3)11(15)13-12)7-10-5-4-6-16-10/h4-6,8-9H,7,12H2,1-3H3,(H,13,15). The van der Waals surface area contributed by atoms with Gasteiger partial charge in [0.05, 0.1) is 6.04 Å². The lowest BCUT2D eigenvalue weighted by atomic mass is 10.2. The highest BCUT2D eigenvalue weighted by Gasteiger charge is 2.23. The first-order valence-electron chi connectivity index (χ1n) is 5.34. The van der Waals surface area contributed by atoms with Gasteiger partial charge in [-0.25, -0.2) is 5.84 Å². The molecule has 5 heteroatoms. The van der Waals surface area contributed by atoms with Gasteiger partial charge in [-0.1, -0.05) is 6.07 Å². The first kappa shape index (κ1) is 13.2. The summed E-state index contributed by atoms with van der Waals surface area (Å²) in [7, 11) is 0. The van der Waals surface area contributed by atoms with Gasteiger partial charge in [0.15, 0.2) is 0 Å². The Balaban J connectivity index is 2.71. The van der Waals surface area contributed by atoms with E-state index in [9.17, 15) is 4.79 Å². The average molecular weight is 241 g/mol. The van der Waals surface area contributed by atoms with Gasteiger partial charge in [-0.2, -0.15) is 0 Å². The molecule has 4 nitrogen and oxygen atoms in total. The molecule has 0 aliphatic heterocycles. The Morgan fingerprint density at radius 2 is 2.25 bits per heavy atom. The number of hydrazine groups is 1. The Kier molecular flexibility index (Phi) is 4.92. The number of thiophene rings is 1. The van der Waals surface area contributed by atoms with Crippen LogP contribution in [0, 0.1) is 0 Å². The first-order chi connectivity index (χ1) is 7.56. The van der Waals surface area contributed by atoms with Crippen molar-refractivity contribution in [1.82, 2.24) is 10.3 Å². The Morgan fingerprint density at radius 1 is 1.56 bits per heavy atom. The van der Waals surface area contributed by atoms with Gasteiger partial charge < -0.3 is 0 Å². The second-order valence-corrected chi connectivity index (χ2v) is 5.06. The number of hydrogen-bond donors (Lipinski definition) is 2. The van der Waals surface area contributed by atoms with Crippen LogP contribution in [-0.4, -0.2) is 22.9 Å². The first-order valence-corrected chi connectivity index (χ1v) is 6.22. The minimum atomic E-state index is -0.216. The molecule has 0 saturated heterocycles. The van der Waals surface area contributed by atoms with Crippen LogP contribution in [0.15, 0.2) is 17.5 Å². The average Bonchev–Trinajstić information content (AvgIpc) is 2.76. The maximum Gasteiger partial charge on any atom is 0.250 e. The normalized spacial score (nSPS) is 13.1. The van der Waals surface area contributed by atoms with Crippen LogP contribution in [0.1, 0.15) is 25.6 Å². The van der Waals surface area contributed by atoms with E-state index in [4.69, 9.17) is 5.84 Å². The molecule has 0 aromatic carbocycles. The maximum atomic E-state index is 11.5. The van der Waals surface area contributed by atoms with Crippen molar-refractivity contribution in [1.29, 1.82) is 0 Å². The third kappa shape index (κ3) is 3.30. The molecule has 90 valence electrons. The molecule has 1 aromatic heterocycles. The lowest BCUT2D eigenvalue weighted by Crippen LogP contribution is -2.49. The smallest absolute Gasteiger partial charge is 0.250 e. The third-order valence-corrected chi connectivity index (χ3v) is 3.46. The van der Waals surface area contributed by atoms with Gasteiger partial charge >= 0.3 is 0 Å². The highest BCUT2D eigenvalue weighted by atomic mass is 32.1. The van der Waals surface area contributed by atoms with Crippen molar-refractivity contribution in [2.24, 2.45) is 5.84 Å². The molecule has 0 aliphatic carbocycles. The Hall–Kier alpha value is -0.910. The van der Waals surface area contributed by atoms with E-state index >= 15 is 0 Å². The van der Waals surface area contributed by atoms with Crippen LogP contribution in [0.3, 0.4) is 0 Å². The van der Waals surface area contributed by atoms with Crippen molar-refractivity contribution in [3.8, 4) is 0 Å². The van der Waals surface area contributed by atoms with E-state index in [1.54, 1.807) is 11.3 Å². The summed E-state index contributed by atoms with van der Waals surface area (Å²) < 4.78 is 0. The van der Waals surface area contributed by atoms with E-state index in [0.29, 0.717) is 6.04 Å². The lowest BCUT2D eigenvalue weighted by Gasteiger charge is -2.30. The molecule has 0 saturated carbocycles. The van der Waals surface area contributed by atoms with Gasteiger partial charge in [-0.15, -0.1) is 11.3 Å². The summed E-state index contributed by atoms with van der Waals surface area (Å²) >= 11 is 1.70. The quantitative estimate of drug-likeness (QED) is 0.464. The number of nitrogens with zero attached hydrogens (tertiary/aromatic N) is 1. The molecule has 16 heavy (non-hydrogen) atoms. The Bertz CT molecular complexity index is 324. The summed E-state index contributed by atoms with van der Waals surface area (Å²) in [4.78, 5) is 14.9. The van der Waals surface area contributed by atoms with E-state index in [1.807, 2.05) is 18.4 Å². The van der Waals surface area contributed by atoms with Gasteiger partial charge in [0.25, 0.3) is 5.91 Å². The molecule has 1 heterocycles. The molecule has 1 atom stereocenters. The van der Waals surface area contributed by atoms with Crippen LogP contribution in [0.25, 0.3) is 0 Å². The van der Waals surface area contributed by atoms with Gasteiger partial charge in [0, 0.05) is 17.5 Å². The van der Waals surface area contributed by atoms with Crippen LogP contribution in [0.2, 0.25) is 0 Å². The fourth-order valence-corrected chi connectivity index (χ4v) is 2.33. The van der Waals surface area contributed by atoms with Crippen LogP contribution in [0.4, 0.5) is 0 Å². The molecule has 0 fully saturated rings. The fourth-order valence-electron chi connectivity index (χ4n) is 1.62. The van der Waals surface area contributed by atoms with Gasteiger partial charge in [-0.3, -0.25) is 15.1 Å². The van der Waals surface area contributed by atoms with Crippen molar-refractivity contribution in [3.05, 3.63) is 22.4 Å². The molecular formula is C11H19N3OS. The SMILES string of the molecule is CC(C)N(Cc1cccs1)C(C)C(=O)NN. The molecular weight excluding hydrogens is 222 g/mol. The molecule has 0 radical (unpaired) electrons. The topological polar surface area (TPSA) is 58.4 Å². The predicted octanol–water partition coefficient (Wildman–Crippen LogP) is 1.34. The summed E-state index contributed by atoms with van der Waals surface area (Å²) in [6, 6.07) is 4.18. The van der Waals surface area contributed by atoms with Crippen LogP contribution in [0.5, 0.6) is 0 Å². The minimum Gasteiger partial charge on any atom is -0.293 e. The van der Waals surface area contributed by atoms with Gasteiger partial charge in [0.2, 0.25) is 0 Å². The third-order valence-electron chi connectivity index (χ3n) is 2.60. The summed E-state index contributed by atoms with van der Waals surface area (Å²) in [5, 5.41) is 2.04. The van der Waals surface area contributed by atoms with Gasteiger partial charge in [-0.05, 0) is 32.2 Å². The van der Waals surface area contributed by atoms with E-state index < -0.39 is 0 Å². The summed E-state index contributed by atoms with van der Waals surface area (Å²) in [6.07, 6.45) is 0. The molecule has 1 amide bonds. The van der Waals surface area contributed by atoms with Crippen LogP contribution in [-0.2, 0) is 11.3 Å². The van der Waals surface area contributed by atoms with Crippen molar-refractivity contribution >= 4 is 17.2 Å². The van der Waals surface area contributed by atoms with Crippen molar-refractivity contribution in [2.75, 3.05) is 0 Å². The monoisotopic (exact) mass is 241 g/mol. The molecule has 0 bridgehead atoms. The van der Waals surface area contributed by atoms with E-state index in [2.05, 4.69) is 30.2 Å². The Morgan fingerprint density at radius 3 is 2.69 bits per heavy atom. The number of amides is 1. The number of nitrogens with two attached hydrogens (primary N) is 1. The van der Waals surface area contributed by atoms with Crippen LogP contribution >= 0.6 is 11.3 Å². The number of carbonyl (C=O) groups excluding carboxylic acids is 1. The fraction of sp³-hybridized carbons (Fsp3) is 0.545. The molecule has 0 aliphatic rings. The summed E-state index contributed by atoms with van der Waals surface area (Å²) in [5.41, 5.74) is 2.20. The summed E-state index contributed by atoms with van der Waals surface area (Å²) in [6.45, 7) is 6.81. The summed E-state index contributed by atoms with van der Waals surface area (Å²) in [5.74, 6) is 5.01. The lowest BCUT2D eigenvalue weighted by molar-refractivity contribution is -0.126. The molecule has 1 rings (SSSR count). The number of nitrogens with one attached hydrogen (secondary N) is 1. The molecule has 3 N–H and O–H groups in total. The number of carbonyl (C=O) groups is 1. The molecule has 1 unspecified atom stereocenters. The number of rotatable bonds is 5. The van der Waals surface area contributed by atoms with E-state index in [0.717, 1.165) is 6.54 Å².